The van der Waals surface area contributed by atoms with Crippen molar-refractivity contribution in [3.63, 3.8) is 0 Å². The molecule has 0 aliphatic carbocycles. The van der Waals surface area contributed by atoms with Gasteiger partial charge in [-0.3, -0.25) is 9.98 Å². The van der Waals surface area contributed by atoms with Crippen LogP contribution in [0.4, 0.5) is 0 Å². The fourth-order valence-corrected chi connectivity index (χ4v) is 0.876. The first-order valence-electron chi connectivity index (χ1n) is 3.27. The van der Waals surface area contributed by atoms with Gasteiger partial charge in [-0.05, 0) is 0 Å². The van der Waals surface area contributed by atoms with Gasteiger partial charge in [0, 0.05) is 7.05 Å². The molecule has 0 spiro atoms. The normalized spacial score (nSPS) is 27.5. The van der Waals surface area contributed by atoms with Gasteiger partial charge in [0.2, 0.25) is 0 Å². The van der Waals surface area contributed by atoms with Crippen molar-refractivity contribution in [3.8, 4) is 0 Å². The molecule has 0 radical (unpaired) electrons. The van der Waals surface area contributed by atoms with Gasteiger partial charge in [0.05, 0.1) is 12.5 Å². The molecule has 60 valence electrons. The highest BCUT2D eigenvalue weighted by atomic mass is 16.1. The average molecular weight is 154 g/mol. The quantitative estimate of drug-likeness (QED) is 0.463. The van der Waals surface area contributed by atoms with E-state index >= 15 is 0 Å². The van der Waals surface area contributed by atoms with Gasteiger partial charge in [-0.2, -0.15) is 0 Å². The van der Waals surface area contributed by atoms with Gasteiger partial charge in [-0.1, -0.05) is 0 Å². The number of aliphatic imine (C=N–C) groups is 2. The van der Waals surface area contributed by atoms with Gasteiger partial charge in [0.25, 0.3) is 0 Å². The summed E-state index contributed by atoms with van der Waals surface area (Å²) in [6, 6.07) is 0. The molecule has 1 aliphatic heterocycles. The molecule has 1 rings (SSSR count). The van der Waals surface area contributed by atoms with Crippen LogP contribution in [0, 0.1) is 5.92 Å². The number of nitrogens with one attached hydrogen (secondary N) is 1. The first-order valence-corrected chi connectivity index (χ1v) is 3.27. The summed E-state index contributed by atoms with van der Waals surface area (Å²) in [7, 11) is 1.61. The van der Waals surface area contributed by atoms with E-state index in [1.54, 1.807) is 7.05 Å². The summed E-state index contributed by atoms with van der Waals surface area (Å²) in [6.07, 6.45) is 0.811. The third-order valence-electron chi connectivity index (χ3n) is 1.47. The fraction of sp³-hybridized carbons (Fsp3) is 0.500. The van der Waals surface area contributed by atoms with Gasteiger partial charge >= 0.3 is 0 Å². The van der Waals surface area contributed by atoms with Crippen LogP contribution < -0.4 is 11.1 Å². The van der Waals surface area contributed by atoms with Crippen LogP contribution >= 0.6 is 0 Å². The lowest BCUT2D eigenvalue weighted by atomic mass is 10.1. The van der Waals surface area contributed by atoms with Crippen LogP contribution in [-0.2, 0) is 4.79 Å². The van der Waals surface area contributed by atoms with Crippen molar-refractivity contribution < 1.29 is 4.79 Å². The number of hydrogen-bond acceptors (Lipinski definition) is 4. The smallest absolute Gasteiger partial charge is 0.194 e. The molecule has 11 heavy (non-hydrogen) atoms. The SMILES string of the molecule is CN=C1NC(N)=NCC1C=O. The number of amidine groups is 1. The molecule has 1 atom stereocenters. The Morgan fingerprint density at radius 1 is 1.91 bits per heavy atom. The van der Waals surface area contributed by atoms with Gasteiger partial charge < -0.3 is 15.8 Å². The number of carbonyl (C=O) groups is 1. The van der Waals surface area contributed by atoms with E-state index in [-0.39, 0.29) is 5.92 Å². The summed E-state index contributed by atoms with van der Waals surface area (Å²) < 4.78 is 0. The minimum absolute atomic E-state index is 0.257. The van der Waals surface area contributed by atoms with E-state index in [9.17, 15) is 4.79 Å². The Hall–Kier alpha value is -1.39. The van der Waals surface area contributed by atoms with Crippen LogP contribution in [0.15, 0.2) is 9.98 Å². The first kappa shape index (κ1) is 7.71. The Labute approximate surface area is 64.4 Å². The molecule has 5 nitrogen and oxygen atoms in total. The lowest BCUT2D eigenvalue weighted by Gasteiger charge is -2.17. The summed E-state index contributed by atoms with van der Waals surface area (Å²) in [4.78, 5) is 18.1. The van der Waals surface area contributed by atoms with E-state index in [1.165, 1.54) is 0 Å². The summed E-state index contributed by atoms with van der Waals surface area (Å²) in [5, 5.41) is 2.71. The molecule has 1 heterocycles. The highest BCUT2D eigenvalue weighted by molar-refractivity contribution is 6.07. The number of guanidine groups is 1. The second-order valence-corrected chi connectivity index (χ2v) is 2.20. The molecule has 5 heteroatoms. The molecule has 3 N–H and O–H groups in total. The van der Waals surface area contributed by atoms with Gasteiger partial charge in [0.1, 0.15) is 12.1 Å². The molecule has 1 aliphatic rings. The molecule has 0 bridgehead atoms. The molecular weight excluding hydrogens is 144 g/mol. The first-order chi connectivity index (χ1) is 5.27. The summed E-state index contributed by atoms with van der Waals surface area (Å²) in [5.41, 5.74) is 5.36. The van der Waals surface area contributed by atoms with E-state index in [1.807, 2.05) is 0 Å². The molecule has 0 aromatic rings. The Balaban J connectivity index is 2.78. The lowest BCUT2D eigenvalue weighted by molar-refractivity contribution is -0.109. The van der Waals surface area contributed by atoms with E-state index in [0.29, 0.717) is 18.3 Å². The van der Waals surface area contributed by atoms with Crippen LogP contribution in [0.5, 0.6) is 0 Å². The van der Waals surface area contributed by atoms with E-state index < -0.39 is 0 Å². The van der Waals surface area contributed by atoms with Crippen molar-refractivity contribution in [2.45, 2.75) is 0 Å². The lowest BCUT2D eigenvalue weighted by Crippen LogP contribution is -2.46. The fourth-order valence-electron chi connectivity index (χ4n) is 0.876. The van der Waals surface area contributed by atoms with Gasteiger partial charge in [0.15, 0.2) is 5.96 Å². The minimum Gasteiger partial charge on any atom is -0.370 e. The zero-order valence-corrected chi connectivity index (χ0v) is 6.24. The molecule has 0 fully saturated rings. The monoisotopic (exact) mass is 154 g/mol. The maximum absolute atomic E-state index is 10.4. The molecule has 0 aromatic heterocycles. The third-order valence-corrected chi connectivity index (χ3v) is 1.47. The van der Waals surface area contributed by atoms with Crippen LogP contribution in [0.25, 0.3) is 0 Å². The molecule has 0 amide bonds. The zero-order valence-electron chi connectivity index (χ0n) is 6.24. The van der Waals surface area contributed by atoms with E-state index in [0.717, 1.165) is 6.29 Å². The molecule has 0 saturated carbocycles. The third kappa shape index (κ3) is 1.54. The Bertz CT molecular complexity index is 221. The zero-order chi connectivity index (χ0) is 8.27. The summed E-state index contributed by atoms with van der Waals surface area (Å²) >= 11 is 0. The largest absolute Gasteiger partial charge is 0.370 e. The van der Waals surface area contributed by atoms with Crippen molar-refractivity contribution in [1.29, 1.82) is 0 Å². The highest BCUT2D eigenvalue weighted by Crippen LogP contribution is 1.99. The van der Waals surface area contributed by atoms with Crippen LogP contribution in [-0.4, -0.2) is 31.7 Å². The van der Waals surface area contributed by atoms with E-state index in [4.69, 9.17) is 5.73 Å². The number of aldehydes is 1. The van der Waals surface area contributed by atoms with Crippen molar-refractivity contribution in [3.05, 3.63) is 0 Å². The molecule has 0 aromatic carbocycles. The van der Waals surface area contributed by atoms with Crippen molar-refractivity contribution in [1.82, 2.24) is 5.32 Å². The maximum atomic E-state index is 10.4. The van der Waals surface area contributed by atoms with E-state index in [2.05, 4.69) is 15.3 Å². The average Bonchev–Trinajstić information content (AvgIpc) is 2.04. The van der Waals surface area contributed by atoms with Crippen LogP contribution in [0.2, 0.25) is 0 Å². The number of nitrogens with zero attached hydrogens (tertiary/aromatic N) is 2. The molecule has 0 saturated heterocycles. The van der Waals surface area contributed by atoms with Crippen molar-refractivity contribution >= 4 is 18.1 Å². The number of rotatable bonds is 1. The van der Waals surface area contributed by atoms with Crippen LogP contribution in [0.3, 0.4) is 0 Å². The number of nitrogens with two attached hydrogens (primary N) is 1. The topological polar surface area (TPSA) is 79.8 Å². The van der Waals surface area contributed by atoms with Crippen molar-refractivity contribution in [2.24, 2.45) is 21.6 Å². The Morgan fingerprint density at radius 2 is 2.64 bits per heavy atom. The summed E-state index contributed by atoms with van der Waals surface area (Å²) in [5.74, 6) is 0.656. The standard InChI is InChI=1S/C6H10N4O/c1-8-5-4(3-11)2-9-6(7)10-5/h3-4H,2H2,1H3,(H3,7,8,9,10). The van der Waals surface area contributed by atoms with Gasteiger partial charge in [-0.25, -0.2) is 0 Å². The molecule has 1 unspecified atom stereocenters. The van der Waals surface area contributed by atoms with Gasteiger partial charge in [-0.15, -0.1) is 0 Å². The number of carbonyl (C=O) groups excluding carboxylic acids is 1. The molecular formula is C6H10N4O. The van der Waals surface area contributed by atoms with Crippen LogP contribution in [0.1, 0.15) is 0 Å². The Morgan fingerprint density at radius 3 is 3.18 bits per heavy atom. The Kier molecular flexibility index (Phi) is 2.20. The second kappa shape index (κ2) is 3.14. The predicted molar refractivity (Wildman–Crippen MR) is 42.5 cm³/mol. The van der Waals surface area contributed by atoms with Crippen molar-refractivity contribution in [2.75, 3.05) is 13.6 Å². The summed E-state index contributed by atoms with van der Waals surface area (Å²) in [6.45, 7) is 0.398. The predicted octanol–water partition coefficient (Wildman–Crippen LogP) is -1.25. The maximum Gasteiger partial charge on any atom is 0.194 e. The number of hydrogen-bond donors (Lipinski definition) is 2. The minimum atomic E-state index is -0.257. The highest BCUT2D eigenvalue weighted by Gasteiger charge is 2.18. The second-order valence-electron chi connectivity index (χ2n) is 2.20.